The van der Waals surface area contributed by atoms with Crippen molar-refractivity contribution in [1.82, 2.24) is 15.1 Å². The fraction of sp³-hybridized carbons (Fsp3) is 0.667. The number of nitrogens with zero attached hydrogens (tertiary/aromatic N) is 3. The van der Waals surface area contributed by atoms with Crippen molar-refractivity contribution < 1.29 is 9.53 Å². The molecule has 0 saturated carbocycles. The molecule has 2 heterocycles. The SMILES string of the molecule is CCCNc1ccc(C(=O)N(C)CC2CCCOC2)nn1. The van der Waals surface area contributed by atoms with Crippen LogP contribution in [0.2, 0.25) is 0 Å². The highest BCUT2D eigenvalue weighted by molar-refractivity contribution is 5.92. The van der Waals surface area contributed by atoms with E-state index >= 15 is 0 Å². The van der Waals surface area contributed by atoms with Crippen molar-refractivity contribution in [2.45, 2.75) is 26.2 Å². The van der Waals surface area contributed by atoms with Crippen molar-refractivity contribution >= 4 is 11.7 Å². The first-order valence-corrected chi connectivity index (χ1v) is 7.61. The van der Waals surface area contributed by atoms with Crippen LogP contribution < -0.4 is 5.32 Å². The van der Waals surface area contributed by atoms with Gasteiger partial charge in [-0.15, -0.1) is 10.2 Å². The minimum Gasteiger partial charge on any atom is -0.381 e. The lowest BCUT2D eigenvalue weighted by molar-refractivity contribution is 0.0386. The summed E-state index contributed by atoms with van der Waals surface area (Å²) in [6.07, 6.45) is 3.21. The van der Waals surface area contributed by atoms with Crippen LogP contribution in [0, 0.1) is 5.92 Å². The van der Waals surface area contributed by atoms with E-state index in [0.29, 0.717) is 24.0 Å². The summed E-state index contributed by atoms with van der Waals surface area (Å²) in [7, 11) is 1.81. The second-order valence-corrected chi connectivity index (χ2v) is 5.50. The van der Waals surface area contributed by atoms with Gasteiger partial charge in [-0.1, -0.05) is 6.92 Å². The molecule has 0 bridgehead atoms. The number of carbonyl (C=O) groups is 1. The van der Waals surface area contributed by atoms with Gasteiger partial charge >= 0.3 is 0 Å². The number of anilines is 1. The standard InChI is InChI=1S/C15H24N4O2/c1-3-8-16-14-7-6-13(17-18-14)15(20)19(2)10-12-5-4-9-21-11-12/h6-7,12H,3-5,8-11H2,1-2H3,(H,16,18). The topological polar surface area (TPSA) is 67.4 Å². The van der Waals surface area contributed by atoms with Crippen LogP contribution >= 0.6 is 0 Å². The molecule has 1 saturated heterocycles. The van der Waals surface area contributed by atoms with Crippen molar-refractivity contribution in [2.24, 2.45) is 5.92 Å². The van der Waals surface area contributed by atoms with Crippen molar-refractivity contribution in [3.63, 3.8) is 0 Å². The van der Waals surface area contributed by atoms with Gasteiger partial charge in [-0.2, -0.15) is 0 Å². The van der Waals surface area contributed by atoms with Crippen LogP contribution in [0.15, 0.2) is 12.1 Å². The molecule has 0 aromatic carbocycles. The highest BCUT2D eigenvalue weighted by Gasteiger charge is 2.20. The Labute approximate surface area is 125 Å². The number of ether oxygens (including phenoxy) is 1. The number of amides is 1. The van der Waals surface area contributed by atoms with Crippen molar-refractivity contribution in [3.8, 4) is 0 Å². The summed E-state index contributed by atoms with van der Waals surface area (Å²) in [5, 5.41) is 11.2. The predicted octanol–water partition coefficient (Wildman–Crippen LogP) is 1.80. The van der Waals surface area contributed by atoms with Crippen LogP contribution in [0.5, 0.6) is 0 Å². The predicted molar refractivity (Wildman–Crippen MR) is 81.3 cm³/mol. The highest BCUT2D eigenvalue weighted by Crippen LogP contribution is 2.15. The molecule has 1 N–H and O–H groups in total. The molecule has 0 radical (unpaired) electrons. The van der Waals surface area contributed by atoms with Crippen LogP contribution in [0.25, 0.3) is 0 Å². The van der Waals surface area contributed by atoms with E-state index in [0.717, 1.165) is 39.0 Å². The molecule has 1 aliphatic rings. The van der Waals surface area contributed by atoms with Crippen molar-refractivity contribution in [2.75, 3.05) is 38.7 Å². The van der Waals surface area contributed by atoms with Gasteiger partial charge in [0.1, 0.15) is 5.82 Å². The highest BCUT2D eigenvalue weighted by atomic mass is 16.5. The van der Waals surface area contributed by atoms with E-state index in [1.54, 1.807) is 17.0 Å². The third-order valence-corrected chi connectivity index (χ3v) is 3.57. The fourth-order valence-corrected chi connectivity index (χ4v) is 2.41. The first kappa shape index (κ1) is 15.7. The molecule has 0 aliphatic carbocycles. The lowest BCUT2D eigenvalue weighted by atomic mass is 10.0. The molecule has 21 heavy (non-hydrogen) atoms. The second kappa shape index (κ2) is 7.93. The maximum Gasteiger partial charge on any atom is 0.274 e. The van der Waals surface area contributed by atoms with Gasteiger partial charge in [0, 0.05) is 26.7 Å². The van der Waals surface area contributed by atoms with E-state index in [2.05, 4.69) is 22.4 Å². The Balaban J connectivity index is 1.88. The summed E-state index contributed by atoms with van der Waals surface area (Å²) < 4.78 is 5.45. The van der Waals surface area contributed by atoms with Crippen LogP contribution in [0.1, 0.15) is 36.7 Å². The van der Waals surface area contributed by atoms with E-state index in [9.17, 15) is 4.79 Å². The molecule has 6 nitrogen and oxygen atoms in total. The Bertz CT molecular complexity index is 443. The lowest BCUT2D eigenvalue weighted by Gasteiger charge is -2.26. The third-order valence-electron chi connectivity index (χ3n) is 3.57. The van der Waals surface area contributed by atoms with Gasteiger partial charge in [0.05, 0.1) is 6.61 Å². The van der Waals surface area contributed by atoms with Crippen LogP contribution in [-0.2, 0) is 4.74 Å². The maximum atomic E-state index is 12.3. The number of hydrogen-bond donors (Lipinski definition) is 1. The zero-order valence-electron chi connectivity index (χ0n) is 12.8. The summed E-state index contributed by atoms with van der Waals surface area (Å²) in [6.45, 7) is 5.22. The average Bonchev–Trinajstić information content (AvgIpc) is 2.53. The van der Waals surface area contributed by atoms with Crippen molar-refractivity contribution in [3.05, 3.63) is 17.8 Å². The number of carbonyl (C=O) groups excluding carboxylic acids is 1. The molecule has 1 aliphatic heterocycles. The molecule has 1 unspecified atom stereocenters. The van der Waals surface area contributed by atoms with E-state index < -0.39 is 0 Å². The molecule has 1 amide bonds. The Kier molecular flexibility index (Phi) is 5.92. The number of aromatic nitrogens is 2. The largest absolute Gasteiger partial charge is 0.381 e. The maximum absolute atomic E-state index is 12.3. The number of rotatable bonds is 6. The summed E-state index contributed by atoms with van der Waals surface area (Å²) in [5.74, 6) is 1.04. The molecule has 0 spiro atoms. The smallest absolute Gasteiger partial charge is 0.274 e. The zero-order chi connectivity index (χ0) is 15.1. The second-order valence-electron chi connectivity index (χ2n) is 5.50. The molecular weight excluding hydrogens is 268 g/mol. The minimum absolute atomic E-state index is 0.0879. The zero-order valence-corrected chi connectivity index (χ0v) is 12.8. The van der Waals surface area contributed by atoms with Crippen LogP contribution in [-0.4, -0.2) is 54.4 Å². The van der Waals surface area contributed by atoms with Gasteiger partial charge in [-0.3, -0.25) is 4.79 Å². The Morgan fingerprint density at radius 2 is 2.33 bits per heavy atom. The summed E-state index contributed by atoms with van der Waals surface area (Å²) in [4.78, 5) is 14.0. The third kappa shape index (κ3) is 4.67. The van der Waals surface area contributed by atoms with Gasteiger partial charge in [-0.05, 0) is 37.3 Å². The van der Waals surface area contributed by atoms with Crippen LogP contribution in [0.3, 0.4) is 0 Å². The molecule has 1 aromatic rings. The van der Waals surface area contributed by atoms with Crippen molar-refractivity contribution in [1.29, 1.82) is 0 Å². The monoisotopic (exact) mass is 292 g/mol. The molecule has 6 heteroatoms. The Hall–Kier alpha value is -1.69. The molecule has 1 fully saturated rings. The summed E-state index contributed by atoms with van der Waals surface area (Å²) >= 11 is 0. The number of nitrogens with one attached hydrogen (secondary N) is 1. The Morgan fingerprint density at radius 3 is 2.95 bits per heavy atom. The van der Waals surface area contributed by atoms with Crippen LogP contribution in [0.4, 0.5) is 5.82 Å². The quantitative estimate of drug-likeness (QED) is 0.866. The first-order valence-electron chi connectivity index (χ1n) is 7.61. The molecular formula is C15H24N4O2. The summed E-state index contributed by atoms with van der Waals surface area (Å²) in [6, 6.07) is 3.52. The normalized spacial score (nSPS) is 18.3. The molecule has 116 valence electrons. The lowest BCUT2D eigenvalue weighted by Crippen LogP contribution is -2.35. The first-order chi connectivity index (χ1) is 10.2. The van der Waals surface area contributed by atoms with Gasteiger partial charge in [0.25, 0.3) is 5.91 Å². The number of hydrogen-bond acceptors (Lipinski definition) is 5. The van der Waals surface area contributed by atoms with E-state index in [4.69, 9.17) is 4.74 Å². The van der Waals surface area contributed by atoms with Gasteiger partial charge in [0.2, 0.25) is 0 Å². The Morgan fingerprint density at radius 1 is 1.48 bits per heavy atom. The van der Waals surface area contributed by atoms with Gasteiger partial charge < -0.3 is 15.0 Å². The molecule has 1 aromatic heterocycles. The average molecular weight is 292 g/mol. The fourth-order valence-electron chi connectivity index (χ4n) is 2.41. The van der Waals surface area contributed by atoms with Gasteiger partial charge in [-0.25, -0.2) is 0 Å². The minimum atomic E-state index is -0.0879. The van der Waals surface area contributed by atoms with E-state index in [1.165, 1.54) is 0 Å². The van der Waals surface area contributed by atoms with E-state index in [1.807, 2.05) is 7.05 Å². The molecule has 1 atom stereocenters. The van der Waals surface area contributed by atoms with E-state index in [-0.39, 0.29) is 5.91 Å². The summed E-state index contributed by atoms with van der Waals surface area (Å²) in [5.41, 5.74) is 0.385. The van der Waals surface area contributed by atoms with Gasteiger partial charge in [0.15, 0.2) is 5.69 Å². The molecule has 2 rings (SSSR count).